The van der Waals surface area contributed by atoms with E-state index in [1.54, 1.807) is 5.57 Å². The van der Waals surface area contributed by atoms with Crippen molar-refractivity contribution in [2.45, 2.75) is 39.0 Å². The Labute approximate surface area is 112 Å². The Morgan fingerprint density at radius 1 is 1.47 bits per heavy atom. The maximum atomic E-state index is 4.40. The highest BCUT2D eigenvalue weighted by Crippen LogP contribution is 2.32. The van der Waals surface area contributed by atoms with Crippen molar-refractivity contribution in [2.75, 3.05) is 5.33 Å². The number of alkyl halides is 1. The first-order valence-corrected chi connectivity index (χ1v) is 7.59. The van der Waals surface area contributed by atoms with Gasteiger partial charge in [0.15, 0.2) is 0 Å². The van der Waals surface area contributed by atoms with Crippen molar-refractivity contribution in [1.29, 1.82) is 0 Å². The summed E-state index contributed by atoms with van der Waals surface area (Å²) in [5, 5.41) is 5.39. The largest absolute Gasteiger partial charge is 0.275 e. The third-order valence-corrected chi connectivity index (χ3v) is 4.32. The third-order valence-electron chi connectivity index (χ3n) is 3.68. The number of hydrogen-bond acceptors (Lipinski definition) is 1. The fraction of sp³-hybridized carbons (Fsp3) is 0.643. The second-order valence-electron chi connectivity index (χ2n) is 5.03. The Kier molecular flexibility index (Phi) is 4.43. The van der Waals surface area contributed by atoms with Gasteiger partial charge in [0, 0.05) is 24.1 Å². The molecule has 0 saturated heterocycles. The van der Waals surface area contributed by atoms with Crippen molar-refractivity contribution in [3.63, 3.8) is 0 Å². The molecular formula is C14H21BrN2. The highest BCUT2D eigenvalue weighted by molar-refractivity contribution is 9.09. The van der Waals surface area contributed by atoms with E-state index in [0.29, 0.717) is 0 Å². The highest BCUT2D eigenvalue weighted by atomic mass is 79.9. The van der Waals surface area contributed by atoms with E-state index in [2.05, 4.69) is 40.2 Å². The summed E-state index contributed by atoms with van der Waals surface area (Å²) < 4.78 is 1.90. The molecular weight excluding hydrogens is 276 g/mol. The Morgan fingerprint density at radius 2 is 2.18 bits per heavy atom. The summed E-state index contributed by atoms with van der Waals surface area (Å²) in [6.45, 7) is 2.08. The van der Waals surface area contributed by atoms with Crippen LogP contribution in [0.4, 0.5) is 0 Å². The Hall–Kier alpha value is -0.570. The van der Waals surface area contributed by atoms with E-state index >= 15 is 0 Å². The molecule has 2 nitrogen and oxygen atoms in total. The number of hydrogen-bond donors (Lipinski definition) is 0. The van der Waals surface area contributed by atoms with E-state index in [4.69, 9.17) is 0 Å². The molecule has 0 spiro atoms. The summed E-state index contributed by atoms with van der Waals surface area (Å²) in [5.74, 6) is 0.780. The van der Waals surface area contributed by atoms with Crippen molar-refractivity contribution in [3.8, 4) is 0 Å². The van der Waals surface area contributed by atoms with Gasteiger partial charge in [0.05, 0.1) is 5.69 Å². The van der Waals surface area contributed by atoms with Crippen LogP contribution >= 0.6 is 15.9 Å². The molecule has 0 aromatic carbocycles. The molecule has 0 amide bonds. The summed E-state index contributed by atoms with van der Waals surface area (Å²) in [4.78, 5) is 0. The topological polar surface area (TPSA) is 17.8 Å². The van der Waals surface area contributed by atoms with Crippen LogP contribution in [0.25, 0.3) is 6.08 Å². The number of allylic oxidation sites excluding steroid dienone is 1. The van der Waals surface area contributed by atoms with Crippen LogP contribution in [-0.4, -0.2) is 15.1 Å². The monoisotopic (exact) mass is 296 g/mol. The number of halogens is 1. The lowest BCUT2D eigenvalue weighted by Gasteiger charge is -2.23. The molecule has 1 aliphatic rings. The SMILES string of the molecule is Cc1nn(C)cc1/C=C(/CBr)C1CCCCC1. The third kappa shape index (κ3) is 3.21. The minimum atomic E-state index is 0.780. The average Bonchev–Trinajstić information content (AvgIpc) is 2.66. The summed E-state index contributed by atoms with van der Waals surface area (Å²) in [5.41, 5.74) is 3.94. The Balaban J connectivity index is 2.19. The number of aryl methyl sites for hydroxylation is 2. The minimum Gasteiger partial charge on any atom is -0.275 e. The van der Waals surface area contributed by atoms with Gasteiger partial charge in [-0.3, -0.25) is 4.68 Å². The molecule has 1 aromatic heterocycles. The van der Waals surface area contributed by atoms with Gasteiger partial charge in [-0.15, -0.1) is 0 Å². The van der Waals surface area contributed by atoms with Crippen molar-refractivity contribution in [3.05, 3.63) is 23.0 Å². The number of rotatable bonds is 3. The second-order valence-corrected chi connectivity index (χ2v) is 5.59. The number of nitrogens with zero attached hydrogens (tertiary/aromatic N) is 2. The van der Waals surface area contributed by atoms with E-state index in [9.17, 15) is 0 Å². The van der Waals surface area contributed by atoms with Gasteiger partial charge in [0.25, 0.3) is 0 Å². The molecule has 0 N–H and O–H groups in total. The molecule has 1 fully saturated rings. The van der Waals surface area contributed by atoms with Crippen LogP contribution in [0.3, 0.4) is 0 Å². The predicted molar refractivity (Wildman–Crippen MR) is 76.3 cm³/mol. The molecule has 0 atom stereocenters. The van der Waals surface area contributed by atoms with Gasteiger partial charge in [0.2, 0.25) is 0 Å². The zero-order valence-corrected chi connectivity index (χ0v) is 12.3. The van der Waals surface area contributed by atoms with E-state index in [1.807, 2.05) is 11.7 Å². The lowest BCUT2D eigenvalue weighted by molar-refractivity contribution is 0.405. The van der Waals surface area contributed by atoms with Gasteiger partial charge in [-0.1, -0.05) is 46.8 Å². The predicted octanol–water partition coefficient (Wildman–Crippen LogP) is 4.09. The zero-order valence-electron chi connectivity index (χ0n) is 10.7. The van der Waals surface area contributed by atoms with Crippen molar-refractivity contribution < 1.29 is 0 Å². The summed E-state index contributed by atoms with van der Waals surface area (Å²) >= 11 is 3.64. The highest BCUT2D eigenvalue weighted by Gasteiger charge is 2.17. The summed E-state index contributed by atoms with van der Waals surface area (Å²) in [6, 6.07) is 0. The molecule has 17 heavy (non-hydrogen) atoms. The van der Waals surface area contributed by atoms with Crippen molar-refractivity contribution in [1.82, 2.24) is 9.78 Å². The van der Waals surface area contributed by atoms with Crippen LogP contribution in [0.15, 0.2) is 11.8 Å². The Bertz CT molecular complexity index is 400. The summed E-state index contributed by atoms with van der Waals surface area (Å²) in [7, 11) is 1.98. The zero-order chi connectivity index (χ0) is 12.3. The second kappa shape index (κ2) is 5.85. The van der Waals surface area contributed by atoms with Crippen LogP contribution in [-0.2, 0) is 7.05 Å². The van der Waals surface area contributed by atoms with Crippen molar-refractivity contribution in [2.24, 2.45) is 13.0 Å². The Morgan fingerprint density at radius 3 is 2.71 bits per heavy atom. The van der Waals surface area contributed by atoms with Gasteiger partial charge in [-0.2, -0.15) is 5.10 Å². The van der Waals surface area contributed by atoms with Crippen LogP contribution in [0.5, 0.6) is 0 Å². The molecule has 1 saturated carbocycles. The van der Waals surface area contributed by atoms with Crippen molar-refractivity contribution >= 4 is 22.0 Å². The van der Waals surface area contributed by atoms with E-state index in [-0.39, 0.29) is 0 Å². The normalized spacial score (nSPS) is 18.6. The molecule has 0 radical (unpaired) electrons. The maximum absolute atomic E-state index is 4.40. The molecule has 0 bridgehead atoms. The van der Waals surface area contributed by atoms with Gasteiger partial charge < -0.3 is 0 Å². The molecule has 3 heteroatoms. The van der Waals surface area contributed by atoms with E-state index in [0.717, 1.165) is 16.9 Å². The van der Waals surface area contributed by atoms with E-state index < -0.39 is 0 Å². The van der Waals surface area contributed by atoms with Crippen LogP contribution < -0.4 is 0 Å². The molecule has 1 aliphatic carbocycles. The maximum Gasteiger partial charge on any atom is 0.0665 e. The van der Waals surface area contributed by atoms with Gasteiger partial charge >= 0.3 is 0 Å². The lowest BCUT2D eigenvalue weighted by atomic mass is 9.84. The first-order valence-electron chi connectivity index (χ1n) is 6.47. The molecule has 1 heterocycles. The molecule has 1 aromatic rings. The van der Waals surface area contributed by atoms with E-state index in [1.165, 1.54) is 37.7 Å². The molecule has 0 unspecified atom stereocenters. The fourth-order valence-electron chi connectivity index (χ4n) is 2.70. The van der Waals surface area contributed by atoms with Crippen LogP contribution in [0, 0.1) is 12.8 Å². The minimum absolute atomic E-state index is 0.780. The molecule has 94 valence electrons. The van der Waals surface area contributed by atoms with Crippen LogP contribution in [0.1, 0.15) is 43.4 Å². The van der Waals surface area contributed by atoms with Gasteiger partial charge in [-0.25, -0.2) is 0 Å². The quantitative estimate of drug-likeness (QED) is 0.768. The smallest absolute Gasteiger partial charge is 0.0665 e. The average molecular weight is 297 g/mol. The first-order chi connectivity index (χ1) is 8.20. The molecule has 0 aliphatic heterocycles. The van der Waals surface area contributed by atoms with Gasteiger partial charge in [0.1, 0.15) is 0 Å². The molecule has 2 rings (SSSR count). The van der Waals surface area contributed by atoms with Gasteiger partial charge in [-0.05, 0) is 25.7 Å². The standard InChI is InChI=1S/C14H21BrN2/c1-11-14(10-17(2)16-11)8-13(9-15)12-6-4-3-5-7-12/h8,10,12H,3-7,9H2,1-2H3/b13-8-. The van der Waals surface area contributed by atoms with Crippen LogP contribution in [0.2, 0.25) is 0 Å². The summed E-state index contributed by atoms with van der Waals surface area (Å²) in [6.07, 6.45) is 11.4. The fourth-order valence-corrected chi connectivity index (χ4v) is 3.32. The number of aromatic nitrogens is 2. The first kappa shape index (κ1) is 12.9. The lowest BCUT2D eigenvalue weighted by Crippen LogP contribution is -2.10.